The van der Waals surface area contributed by atoms with Crippen LogP contribution in [0.25, 0.3) is 0 Å². The number of allylic oxidation sites excluding steroid dienone is 2. The first-order valence-corrected chi connectivity index (χ1v) is 3.72. The number of alkyl halides is 2. The molecule has 0 aromatic carbocycles. The van der Waals surface area contributed by atoms with Crippen LogP contribution in [0.4, 0.5) is 8.78 Å². The molecule has 2 heteroatoms. The van der Waals surface area contributed by atoms with E-state index in [0.717, 1.165) is 31.8 Å². The smallest absolute Gasteiger partial charge is 0.206 e. The van der Waals surface area contributed by atoms with Crippen LogP contribution in [0.2, 0.25) is 0 Å². The highest BCUT2D eigenvalue weighted by Crippen LogP contribution is 2.01. The summed E-state index contributed by atoms with van der Waals surface area (Å²) < 4.78 is 22.9. The minimum Gasteiger partial charge on any atom is -0.206 e. The lowest BCUT2D eigenvalue weighted by Crippen LogP contribution is -1.79. The number of rotatable bonds is 5. The zero-order valence-corrected chi connectivity index (χ0v) is 6.32. The number of hydrogen-bond donors (Lipinski definition) is 0. The Hall–Kier alpha value is -0.400. The zero-order valence-electron chi connectivity index (χ0n) is 6.32. The monoisotopic (exact) mass is 148 g/mol. The molecule has 0 saturated heterocycles. The summed E-state index contributed by atoms with van der Waals surface area (Å²) in [6.07, 6.45) is 4.32. The van der Waals surface area contributed by atoms with Crippen molar-refractivity contribution in [1.29, 1.82) is 0 Å². The van der Waals surface area contributed by atoms with Gasteiger partial charge in [-0.15, -0.1) is 0 Å². The van der Waals surface area contributed by atoms with Crippen LogP contribution in [0.1, 0.15) is 32.6 Å². The molecule has 0 fully saturated rings. The molecule has 0 aliphatic heterocycles. The highest BCUT2D eigenvalue weighted by molar-refractivity contribution is 4.83. The molecule has 0 aliphatic carbocycles. The van der Waals surface area contributed by atoms with E-state index in [1.807, 2.05) is 0 Å². The molecule has 0 unspecified atom stereocenters. The van der Waals surface area contributed by atoms with Crippen LogP contribution >= 0.6 is 0 Å². The maximum atomic E-state index is 11.5. The van der Waals surface area contributed by atoms with E-state index in [-0.39, 0.29) is 0 Å². The maximum Gasteiger partial charge on any atom is 0.257 e. The second kappa shape index (κ2) is 6.72. The van der Waals surface area contributed by atoms with Crippen LogP contribution in [0.5, 0.6) is 0 Å². The van der Waals surface area contributed by atoms with Gasteiger partial charge in [-0.2, -0.15) is 0 Å². The molecule has 0 aromatic rings. The summed E-state index contributed by atoms with van der Waals surface area (Å²) in [5, 5.41) is 0. The summed E-state index contributed by atoms with van der Waals surface area (Å²) in [6.45, 7) is 2.09. The second-order valence-electron chi connectivity index (χ2n) is 2.26. The number of unbranched alkanes of at least 4 members (excludes halogenated alkanes) is 3. The van der Waals surface area contributed by atoms with Gasteiger partial charge in [0, 0.05) is 0 Å². The van der Waals surface area contributed by atoms with Crippen molar-refractivity contribution in [3.63, 3.8) is 0 Å². The molecule has 0 amide bonds. The van der Waals surface area contributed by atoms with Gasteiger partial charge < -0.3 is 0 Å². The third kappa shape index (κ3) is 7.60. The molecule has 0 N–H and O–H groups in total. The Morgan fingerprint density at radius 3 is 2.50 bits per heavy atom. The lowest BCUT2D eigenvalue weighted by atomic mass is 10.2. The summed E-state index contributed by atoms with van der Waals surface area (Å²) in [5.74, 6) is 0. The first-order valence-electron chi connectivity index (χ1n) is 3.72. The minimum absolute atomic E-state index is 0.790. The lowest BCUT2D eigenvalue weighted by Gasteiger charge is -1.90. The number of hydrogen-bond acceptors (Lipinski definition) is 0. The Balaban J connectivity index is 3.02. The molecule has 10 heavy (non-hydrogen) atoms. The van der Waals surface area contributed by atoms with Crippen molar-refractivity contribution in [2.24, 2.45) is 0 Å². The molecule has 0 rings (SSSR count). The molecule has 0 bridgehead atoms. The Morgan fingerprint density at radius 2 is 2.00 bits per heavy atom. The fourth-order valence-corrected chi connectivity index (χ4v) is 0.711. The molecule has 0 radical (unpaired) electrons. The van der Waals surface area contributed by atoms with E-state index in [4.69, 9.17) is 0 Å². The Kier molecular flexibility index (Phi) is 6.45. The third-order valence-electron chi connectivity index (χ3n) is 1.26. The van der Waals surface area contributed by atoms with E-state index in [9.17, 15) is 8.78 Å². The van der Waals surface area contributed by atoms with E-state index in [1.165, 1.54) is 0 Å². The van der Waals surface area contributed by atoms with Gasteiger partial charge in [-0.1, -0.05) is 25.8 Å². The van der Waals surface area contributed by atoms with Gasteiger partial charge in [0.2, 0.25) is 0 Å². The van der Waals surface area contributed by atoms with Crippen molar-refractivity contribution >= 4 is 0 Å². The summed E-state index contributed by atoms with van der Waals surface area (Å²) in [6, 6.07) is 0. The van der Waals surface area contributed by atoms with Gasteiger partial charge in [0.25, 0.3) is 6.43 Å². The van der Waals surface area contributed by atoms with E-state index in [1.54, 1.807) is 6.08 Å². The summed E-state index contributed by atoms with van der Waals surface area (Å²) in [4.78, 5) is 0. The third-order valence-corrected chi connectivity index (χ3v) is 1.26. The normalized spacial score (nSPS) is 11.6. The van der Waals surface area contributed by atoms with Crippen molar-refractivity contribution in [3.8, 4) is 0 Å². The molecule has 0 atom stereocenters. The highest BCUT2D eigenvalue weighted by Gasteiger charge is 1.90. The van der Waals surface area contributed by atoms with Crippen LogP contribution < -0.4 is 0 Å². The number of halogens is 2. The molecule has 0 spiro atoms. The fourth-order valence-electron chi connectivity index (χ4n) is 0.711. The second-order valence-corrected chi connectivity index (χ2v) is 2.26. The van der Waals surface area contributed by atoms with Gasteiger partial charge in [0.15, 0.2) is 0 Å². The van der Waals surface area contributed by atoms with E-state index in [2.05, 4.69) is 6.92 Å². The lowest BCUT2D eigenvalue weighted by molar-refractivity contribution is 0.204. The van der Waals surface area contributed by atoms with Gasteiger partial charge >= 0.3 is 0 Å². The van der Waals surface area contributed by atoms with E-state index >= 15 is 0 Å². The summed E-state index contributed by atoms with van der Waals surface area (Å²) >= 11 is 0. The average molecular weight is 148 g/mol. The average Bonchev–Trinajstić information content (AvgIpc) is 1.87. The molecular formula is C8H14F2. The minimum atomic E-state index is -2.28. The highest BCUT2D eigenvalue weighted by atomic mass is 19.3. The topological polar surface area (TPSA) is 0 Å². The molecule has 0 heterocycles. The standard InChI is InChI=1S/C8H14F2/c1-2-3-4-5-6-7-8(9)10/h6-8H,2-5H2,1H3/b7-6+. The molecule has 0 nitrogen and oxygen atoms in total. The predicted molar refractivity (Wildman–Crippen MR) is 39.3 cm³/mol. The maximum absolute atomic E-state index is 11.5. The quantitative estimate of drug-likeness (QED) is 0.414. The van der Waals surface area contributed by atoms with E-state index in [0.29, 0.717) is 0 Å². The summed E-state index contributed by atoms with van der Waals surface area (Å²) in [5.41, 5.74) is 0. The molecular weight excluding hydrogens is 134 g/mol. The van der Waals surface area contributed by atoms with Crippen LogP contribution in [-0.2, 0) is 0 Å². The van der Waals surface area contributed by atoms with Gasteiger partial charge in [0.05, 0.1) is 0 Å². The Bertz CT molecular complexity index is 87.3. The van der Waals surface area contributed by atoms with Crippen molar-refractivity contribution in [1.82, 2.24) is 0 Å². The van der Waals surface area contributed by atoms with Crippen LogP contribution in [0.15, 0.2) is 12.2 Å². The Morgan fingerprint density at radius 1 is 1.30 bits per heavy atom. The first-order chi connectivity index (χ1) is 4.77. The fraction of sp³-hybridized carbons (Fsp3) is 0.750. The first kappa shape index (κ1) is 9.60. The van der Waals surface area contributed by atoms with E-state index < -0.39 is 6.43 Å². The van der Waals surface area contributed by atoms with Crippen LogP contribution in [-0.4, -0.2) is 6.43 Å². The van der Waals surface area contributed by atoms with Crippen molar-refractivity contribution in [3.05, 3.63) is 12.2 Å². The SMILES string of the molecule is CCCCC/C=C/C(F)F. The summed E-state index contributed by atoms with van der Waals surface area (Å²) in [7, 11) is 0. The van der Waals surface area contributed by atoms with Gasteiger partial charge in [-0.25, -0.2) is 8.78 Å². The molecule has 60 valence electrons. The molecule has 0 aliphatic rings. The van der Waals surface area contributed by atoms with Crippen molar-refractivity contribution < 1.29 is 8.78 Å². The van der Waals surface area contributed by atoms with Crippen LogP contribution in [0, 0.1) is 0 Å². The molecule has 0 saturated carbocycles. The molecule has 0 aromatic heterocycles. The van der Waals surface area contributed by atoms with Gasteiger partial charge in [0.1, 0.15) is 0 Å². The predicted octanol–water partition coefficient (Wildman–Crippen LogP) is 3.39. The van der Waals surface area contributed by atoms with Crippen LogP contribution in [0.3, 0.4) is 0 Å². The largest absolute Gasteiger partial charge is 0.257 e. The zero-order chi connectivity index (χ0) is 7.82. The van der Waals surface area contributed by atoms with Crippen molar-refractivity contribution in [2.45, 2.75) is 39.0 Å². The van der Waals surface area contributed by atoms with Gasteiger partial charge in [-0.3, -0.25) is 0 Å². The Labute approximate surface area is 60.9 Å². The van der Waals surface area contributed by atoms with Gasteiger partial charge in [-0.05, 0) is 18.9 Å². The van der Waals surface area contributed by atoms with Crippen molar-refractivity contribution in [2.75, 3.05) is 0 Å².